The van der Waals surface area contributed by atoms with Gasteiger partial charge in [-0.2, -0.15) is 14.9 Å². The normalized spacial score (nSPS) is 17.7. The molecule has 2 aromatic rings. The third-order valence-electron chi connectivity index (χ3n) is 4.11. The fourth-order valence-corrected chi connectivity index (χ4v) is 4.46. The summed E-state index contributed by atoms with van der Waals surface area (Å²) in [5, 5.41) is 8.78. The Morgan fingerprint density at radius 2 is 2.00 bits per heavy atom. The molecule has 2 heterocycles. The maximum atomic E-state index is 12.8. The van der Waals surface area contributed by atoms with Crippen molar-refractivity contribution in [2.45, 2.75) is 56.6 Å². The summed E-state index contributed by atoms with van der Waals surface area (Å²) in [4.78, 5) is 4.10. The van der Waals surface area contributed by atoms with Crippen LogP contribution in [0.5, 0.6) is 0 Å². The molecule has 8 nitrogen and oxygen atoms in total. The van der Waals surface area contributed by atoms with Crippen molar-refractivity contribution in [3.8, 4) is 0 Å². The summed E-state index contributed by atoms with van der Waals surface area (Å²) >= 11 is 0. The van der Waals surface area contributed by atoms with E-state index >= 15 is 0 Å². The lowest BCUT2D eigenvalue weighted by molar-refractivity contribution is 0.422. The Morgan fingerprint density at radius 1 is 1.30 bits per heavy atom. The van der Waals surface area contributed by atoms with Gasteiger partial charge < -0.3 is 0 Å². The summed E-state index contributed by atoms with van der Waals surface area (Å²) < 4.78 is 31.4. The fourth-order valence-electron chi connectivity index (χ4n) is 3.00. The smallest absolute Gasteiger partial charge is 0.256 e. The van der Waals surface area contributed by atoms with Crippen molar-refractivity contribution in [2.75, 3.05) is 0 Å². The third kappa shape index (κ3) is 3.30. The van der Waals surface area contributed by atoms with E-state index in [1.807, 2.05) is 6.92 Å². The topological polar surface area (TPSA) is 94.7 Å². The zero-order chi connectivity index (χ0) is 16.6. The molecule has 0 radical (unpaired) electrons. The lowest BCUT2D eigenvalue weighted by Crippen LogP contribution is -2.30. The van der Waals surface area contributed by atoms with Gasteiger partial charge in [-0.15, -0.1) is 0 Å². The van der Waals surface area contributed by atoms with Crippen molar-refractivity contribution >= 4 is 10.0 Å². The number of hydrogen-bond donors (Lipinski definition) is 1. The van der Waals surface area contributed by atoms with Crippen LogP contribution in [0.4, 0.5) is 0 Å². The van der Waals surface area contributed by atoms with E-state index in [0.717, 1.165) is 25.7 Å². The molecule has 0 amide bonds. The van der Waals surface area contributed by atoms with Crippen molar-refractivity contribution in [1.82, 2.24) is 29.3 Å². The minimum Gasteiger partial charge on any atom is -0.256 e. The number of aromatic nitrogens is 5. The second-order valence-corrected chi connectivity index (χ2v) is 7.79. The van der Waals surface area contributed by atoms with Gasteiger partial charge in [-0.25, -0.2) is 18.1 Å². The molecule has 1 atom stereocenters. The molecule has 1 aliphatic rings. The first-order valence-corrected chi connectivity index (χ1v) is 9.29. The van der Waals surface area contributed by atoms with Crippen LogP contribution in [0.1, 0.15) is 56.2 Å². The van der Waals surface area contributed by atoms with Gasteiger partial charge >= 0.3 is 0 Å². The van der Waals surface area contributed by atoms with Crippen LogP contribution in [-0.4, -0.2) is 33.0 Å². The molecular weight excluding hydrogens is 316 g/mol. The van der Waals surface area contributed by atoms with Crippen molar-refractivity contribution in [3.63, 3.8) is 0 Å². The monoisotopic (exact) mass is 338 g/mol. The molecule has 1 aliphatic carbocycles. The molecule has 23 heavy (non-hydrogen) atoms. The SMILES string of the molecule is Cc1cc(S(=O)(=O)NC(C)c2ncn(C)n2)n(C2CCCC2)n1. The highest BCUT2D eigenvalue weighted by Crippen LogP contribution is 2.31. The Hall–Kier alpha value is -1.74. The molecule has 1 N–H and O–H groups in total. The zero-order valence-corrected chi connectivity index (χ0v) is 14.4. The molecule has 1 unspecified atom stereocenters. The van der Waals surface area contributed by atoms with Crippen LogP contribution in [0.25, 0.3) is 0 Å². The van der Waals surface area contributed by atoms with Crippen LogP contribution in [-0.2, 0) is 17.1 Å². The molecule has 0 aromatic carbocycles. The second kappa shape index (κ2) is 6.04. The predicted molar refractivity (Wildman–Crippen MR) is 84.2 cm³/mol. The van der Waals surface area contributed by atoms with E-state index in [4.69, 9.17) is 0 Å². The molecule has 3 rings (SSSR count). The Bertz CT molecular complexity index is 788. The van der Waals surface area contributed by atoms with Crippen LogP contribution in [0, 0.1) is 6.92 Å². The van der Waals surface area contributed by atoms with Crippen molar-refractivity contribution in [1.29, 1.82) is 0 Å². The van der Waals surface area contributed by atoms with Crippen LogP contribution in [0.3, 0.4) is 0 Å². The van der Waals surface area contributed by atoms with Crippen LogP contribution < -0.4 is 4.72 Å². The summed E-state index contributed by atoms with van der Waals surface area (Å²) in [5.41, 5.74) is 0.709. The lowest BCUT2D eigenvalue weighted by atomic mass is 10.3. The van der Waals surface area contributed by atoms with Crippen LogP contribution in [0.2, 0.25) is 0 Å². The van der Waals surface area contributed by atoms with Crippen LogP contribution in [0.15, 0.2) is 17.4 Å². The number of sulfonamides is 1. The van der Waals surface area contributed by atoms with E-state index in [2.05, 4.69) is 19.9 Å². The van der Waals surface area contributed by atoms with E-state index in [0.29, 0.717) is 11.5 Å². The zero-order valence-electron chi connectivity index (χ0n) is 13.6. The summed E-state index contributed by atoms with van der Waals surface area (Å²) in [6.07, 6.45) is 5.73. The molecule has 0 saturated heterocycles. The number of rotatable bonds is 5. The Morgan fingerprint density at radius 3 is 2.61 bits per heavy atom. The van der Waals surface area contributed by atoms with E-state index in [1.54, 1.807) is 35.7 Å². The van der Waals surface area contributed by atoms with E-state index in [1.165, 1.54) is 0 Å². The molecule has 0 aliphatic heterocycles. The number of nitrogens with zero attached hydrogens (tertiary/aromatic N) is 5. The summed E-state index contributed by atoms with van der Waals surface area (Å²) in [6, 6.07) is 1.28. The molecule has 0 bridgehead atoms. The average Bonchev–Trinajstić information content (AvgIpc) is 3.17. The molecule has 1 saturated carbocycles. The number of aryl methyl sites for hydroxylation is 2. The van der Waals surface area contributed by atoms with E-state index < -0.39 is 16.1 Å². The minimum atomic E-state index is -3.68. The molecule has 1 fully saturated rings. The molecule has 126 valence electrons. The van der Waals surface area contributed by atoms with Gasteiger partial charge in [0.05, 0.1) is 17.8 Å². The first kappa shape index (κ1) is 16.1. The fraction of sp³-hybridized carbons (Fsp3) is 0.643. The maximum Gasteiger partial charge on any atom is 0.258 e. The highest BCUT2D eigenvalue weighted by atomic mass is 32.2. The molecular formula is C14H22N6O2S. The van der Waals surface area contributed by atoms with Gasteiger partial charge in [0.2, 0.25) is 0 Å². The average molecular weight is 338 g/mol. The van der Waals surface area contributed by atoms with Gasteiger partial charge in [0, 0.05) is 7.05 Å². The van der Waals surface area contributed by atoms with Gasteiger partial charge in [0.25, 0.3) is 10.0 Å². The van der Waals surface area contributed by atoms with Crippen molar-refractivity contribution in [3.05, 3.63) is 23.9 Å². The highest BCUT2D eigenvalue weighted by molar-refractivity contribution is 7.89. The maximum absolute atomic E-state index is 12.8. The number of hydrogen-bond acceptors (Lipinski definition) is 5. The quantitative estimate of drug-likeness (QED) is 0.891. The third-order valence-corrected chi connectivity index (χ3v) is 5.63. The first-order valence-electron chi connectivity index (χ1n) is 7.81. The molecule has 2 aromatic heterocycles. The Balaban J connectivity index is 1.87. The lowest BCUT2D eigenvalue weighted by Gasteiger charge is -2.16. The van der Waals surface area contributed by atoms with E-state index in [-0.39, 0.29) is 11.1 Å². The van der Waals surface area contributed by atoms with E-state index in [9.17, 15) is 8.42 Å². The Labute approximate surface area is 136 Å². The van der Waals surface area contributed by atoms with Gasteiger partial charge in [0.1, 0.15) is 6.33 Å². The Kier molecular flexibility index (Phi) is 4.24. The standard InChI is InChI=1S/C14H22N6O2S/c1-10-8-13(20(16-10)12-6-4-5-7-12)23(21,22)18-11(2)14-15-9-19(3)17-14/h8-9,11-12,18H,4-7H2,1-3H3. The summed E-state index contributed by atoms with van der Waals surface area (Å²) in [6.45, 7) is 3.55. The van der Waals surface area contributed by atoms with Gasteiger partial charge in [-0.1, -0.05) is 12.8 Å². The van der Waals surface area contributed by atoms with Crippen molar-refractivity contribution < 1.29 is 8.42 Å². The van der Waals surface area contributed by atoms with Gasteiger partial charge in [-0.05, 0) is 32.8 Å². The summed E-state index contributed by atoms with van der Waals surface area (Å²) in [7, 11) is -1.94. The highest BCUT2D eigenvalue weighted by Gasteiger charge is 2.29. The minimum absolute atomic E-state index is 0.165. The van der Waals surface area contributed by atoms with Gasteiger partial charge in [-0.3, -0.25) is 4.68 Å². The second-order valence-electron chi connectivity index (χ2n) is 6.13. The molecule has 9 heteroatoms. The predicted octanol–water partition coefficient (Wildman–Crippen LogP) is 1.47. The summed E-state index contributed by atoms with van der Waals surface area (Å²) in [5.74, 6) is 0.444. The van der Waals surface area contributed by atoms with Crippen molar-refractivity contribution in [2.24, 2.45) is 7.05 Å². The largest absolute Gasteiger partial charge is 0.258 e. The first-order chi connectivity index (χ1) is 10.9. The van der Waals surface area contributed by atoms with Gasteiger partial charge in [0.15, 0.2) is 10.9 Å². The van der Waals surface area contributed by atoms with Crippen LogP contribution >= 0.6 is 0 Å². The molecule has 0 spiro atoms. The number of nitrogens with one attached hydrogen (secondary N) is 1.